The Kier molecular flexibility index (Phi) is 6.08. The Balaban J connectivity index is 2.97. The SMILES string of the molecule is CCOC(=O)C(C(=O)OCC)C1C(=O)OCC1CCl. The summed E-state index contributed by atoms with van der Waals surface area (Å²) in [5, 5.41) is 0. The number of halogens is 1. The highest BCUT2D eigenvalue weighted by atomic mass is 35.5. The van der Waals surface area contributed by atoms with Gasteiger partial charge in [0.15, 0.2) is 5.92 Å². The molecule has 1 saturated heterocycles. The van der Waals surface area contributed by atoms with Gasteiger partial charge in [-0.05, 0) is 13.8 Å². The maximum atomic E-state index is 11.9. The van der Waals surface area contributed by atoms with Gasteiger partial charge in [0.25, 0.3) is 0 Å². The zero-order chi connectivity index (χ0) is 14.4. The first-order chi connectivity index (χ1) is 9.06. The lowest BCUT2D eigenvalue weighted by Crippen LogP contribution is -2.39. The van der Waals surface area contributed by atoms with Crippen LogP contribution in [-0.4, -0.2) is 43.6 Å². The summed E-state index contributed by atoms with van der Waals surface area (Å²) >= 11 is 5.74. The van der Waals surface area contributed by atoms with E-state index in [-0.39, 0.29) is 25.7 Å². The van der Waals surface area contributed by atoms with E-state index in [1.54, 1.807) is 13.8 Å². The van der Waals surface area contributed by atoms with Crippen LogP contribution >= 0.6 is 11.6 Å². The zero-order valence-electron chi connectivity index (χ0n) is 10.9. The number of rotatable bonds is 6. The minimum atomic E-state index is -1.31. The molecule has 0 saturated carbocycles. The summed E-state index contributed by atoms with van der Waals surface area (Å²) in [6.07, 6.45) is 0. The molecule has 2 atom stereocenters. The van der Waals surface area contributed by atoms with Crippen LogP contribution < -0.4 is 0 Å². The van der Waals surface area contributed by atoms with Crippen LogP contribution in [0.4, 0.5) is 0 Å². The molecule has 0 bridgehead atoms. The summed E-state index contributed by atoms with van der Waals surface area (Å²) in [5.41, 5.74) is 0. The van der Waals surface area contributed by atoms with Crippen LogP contribution in [0.3, 0.4) is 0 Å². The molecule has 0 N–H and O–H groups in total. The van der Waals surface area contributed by atoms with Crippen molar-refractivity contribution in [3.05, 3.63) is 0 Å². The second-order valence-corrected chi connectivity index (χ2v) is 4.36. The zero-order valence-corrected chi connectivity index (χ0v) is 11.6. The van der Waals surface area contributed by atoms with Crippen LogP contribution in [0.5, 0.6) is 0 Å². The third-order valence-corrected chi connectivity index (χ3v) is 3.25. The quantitative estimate of drug-likeness (QED) is 0.311. The van der Waals surface area contributed by atoms with Gasteiger partial charge in [-0.1, -0.05) is 0 Å². The molecule has 1 aliphatic heterocycles. The monoisotopic (exact) mass is 292 g/mol. The van der Waals surface area contributed by atoms with Gasteiger partial charge in [0, 0.05) is 11.8 Å². The van der Waals surface area contributed by atoms with E-state index in [9.17, 15) is 14.4 Å². The van der Waals surface area contributed by atoms with Crippen molar-refractivity contribution in [2.24, 2.45) is 17.8 Å². The maximum absolute atomic E-state index is 11.9. The number of alkyl halides is 1. The fourth-order valence-electron chi connectivity index (χ4n) is 1.98. The summed E-state index contributed by atoms with van der Waals surface area (Å²) in [6, 6.07) is 0. The third kappa shape index (κ3) is 3.59. The van der Waals surface area contributed by atoms with E-state index in [1.165, 1.54) is 0 Å². The van der Waals surface area contributed by atoms with Gasteiger partial charge in [-0.3, -0.25) is 14.4 Å². The standard InChI is InChI=1S/C12H17ClO6/c1-3-17-11(15)9(12(16)18-4-2)8-7(5-13)6-19-10(8)14/h7-9H,3-6H2,1-2H3. The fourth-order valence-corrected chi connectivity index (χ4v) is 2.26. The molecule has 0 aromatic rings. The van der Waals surface area contributed by atoms with Crippen LogP contribution in [0.25, 0.3) is 0 Å². The fraction of sp³-hybridized carbons (Fsp3) is 0.750. The molecule has 6 nitrogen and oxygen atoms in total. The van der Waals surface area contributed by atoms with E-state index >= 15 is 0 Å². The number of carbonyl (C=O) groups is 3. The van der Waals surface area contributed by atoms with Gasteiger partial charge in [-0.25, -0.2) is 0 Å². The summed E-state index contributed by atoms with van der Waals surface area (Å²) in [5.74, 6) is -4.69. The molecule has 1 heterocycles. The molecule has 108 valence electrons. The summed E-state index contributed by atoms with van der Waals surface area (Å²) in [4.78, 5) is 35.5. The number of carbonyl (C=O) groups excluding carboxylic acids is 3. The number of hydrogen-bond donors (Lipinski definition) is 0. The first-order valence-electron chi connectivity index (χ1n) is 6.12. The Morgan fingerprint density at radius 1 is 1.32 bits per heavy atom. The predicted octanol–water partition coefficient (Wildman–Crippen LogP) is 0.757. The number of esters is 3. The molecular formula is C12H17ClO6. The van der Waals surface area contributed by atoms with E-state index in [4.69, 9.17) is 25.8 Å². The van der Waals surface area contributed by atoms with Gasteiger partial charge in [0.2, 0.25) is 0 Å². The number of hydrogen-bond acceptors (Lipinski definition) is 6. The molecular weight excluding hydrogens is 276 g/mol. The van der Waals surface area contributed by atoms with Crippen molar-refractivity contribution in [3.63, 3.8) is 0 Å². The molecule has 19 heavy (non-hydrogen) atoms. The predicted molar refractivity (Wildman–Crippen MR) is 65.4 cm³/mol. The first-order valence-corrected chi connectivity index (χ1v) is 6.66. The normalized spacial score (nSPS) is 22.2. The molecule has 0 aromatic heterocycles. The number of ether oxygens (including phenoxy) is 3. The van der Waals surface area contributed by atoms with Crippen LogP contribution in [0, 0.1) is 17.8 Å². The Morgan fingerprint density at radius 3 is 2.26 bits per heavy atom. The minimum absolute atomic E-state index is 0.0995. The van der Waals surface area contributed by atoms with E-state index in [0.717, 1.165) is 0 Å². The summed E-state index contributed by atoms with van der Waals surface area (Å²) in [6.45, 7) is 3.56. The van der Waals surface area contributed by atoms with Gasteiger partial charge in [0.05, 0.1) is 25.7 Å². The van der Waals surface area contributed by atoms with Crippen LogP contribution in [0.1, 0.15) is 13.8 Å². The highest BCUT2D eigenvalue weighted by molar-refractivity contribution is 6.18. The lowest BCUT2D eigenvalue weighted by atomic mass is 9.84. The van der Waals surface area contributed by atoms with Crippen molar-refractivity contribution < 1.29 is 28.6 Å². The molecule has 0 aliphatic carbocycles. The van der Waals surface area contributed by atoms with Crippen LogP contribution in [0.15, 0.2) is 0 Å². The maximum Gasteiger partial charge on any atom is 0.321 e. The van der Waals surface area contributed by atoms with E-state index in [0.29, 0.717) is 0 Å². The van der Waals surface area contributed by atoms with E-state index < -0.39 is 35.7 Å². The van der Waals surface area contributed by atoms with Gasteiger partial charge in [-0.2, -0.15) is 0 Å². The Bertz CT molecular complexity index is 338. The highest BCUT2D eigenvalue weighted by Gasteiger charge is 2.50. The van der Waals surface area contributed by atoms with Crippen molar-refractivity contribution in [1.82, 2.24) is 0 Å². The number of cyclic esters (lactones) is 1. The van der Waals surface area contributed by atoms with Gasteiger partial charge < -0.3 is 14.2 Å². The van der Waals surface area contributed by atoms with Gasteiger partial charge >= 0.3 is 17.9 Å². The lowest BCUT2D eigenvalue weighted by molar-refractivity contribution is -0.168. The van der Waals surface area contributed by atoms with Crippen LogP contribution in [0.2, 0.25) is 0 Å². The van der Waals surface area contributed by atoms with Gasteiger partial charge in [0.1, 0.15) is 0 Å². The summed E-state index contributed by atoms with van der Waals surface area (Å²) in [7, 11) is 0. The molecule has 0 radical (unpaired) electrons. The van der Waals surface area contributed by atoms with Crippen molar-refractivity contribution in [3.8, 4) is 0 Å². The van der Waals surface area contributed by atoms with Gasteiger partial charge in [-0.15, -0.1) is 11.6 Å². The Labute approximate surface area is 116 Å². The van der Waals surface area contributed by atoms with E-state index in [1.807, 2.05) is 0 Å². The molecule has 1 fully saturated rings. The second-order valence-electron chi connectivity index (χ2n) is 4.05. The molecule has 1 rings (SSSR count). The molecule has 0 aromatic carbocycles. The molecule has 2 unspecified atom stereocenters. The average Bonchev–Trinajstić information content (AvgIpc) is 2.72. The van der Waals surface area contributed by atoms with Crippen molar-refractivity contribution >= 4 is 29.5 Å². The Morgan fingerprint density at radius 2 is 1.84 bits per heavy atom. The highest BCUT2D eigenvalue weighted by Crippen LogP contribution is 2.32. The topological polar surface area (TPSA) is 78.9 Å². The average molecular weight is 293 g/mol. The van der Waals surface area contributed by atoms with Crippen molar-refractivity contribution in [2.45, 2.75) is 13.8 Å². The molecule has 7 heteroatoms. The smallest absolute Gasteiger partial charge is 0.321 e. The Hall–Kier alpha value is -1.30. The molecule has 0 spiro atoms. The summed E-state index contributed by atoms with van der Waals surface area (Å²) < 4.78 is 14.5. The second kappa shape index (κ2) is 7.33. The third-order valence-electron chi connectivity index (χ3n) is 2.86. The lowest BCUT2D eigenvalue weighted by Gasteiger charge is -2.20. The largest absolute Gasteiger partial charge is 0.465 e. The van der Waals surface area contributed by atoms with E-state index in [2.05, 4.69) is 0 Å². The van der Waals surface area contributed by atoms with Crippen molar-refractivity contribution in [1.29, 1.82) is 0 Å². The molecule has 0 amide bonds. The molecule has 1 aliphatic rings. The minimum Gasteiger partial charge on any atom is -0.465 e. The first kappa shape index (κ1) is 15.8. The van der Waals surface area contributed by atoms with Crippen molar-refractivity contribution in [2.75, 3.05) is 25.7 Å². The van der Waals surface area contributed by atoms with Crippen LogP contribution in [-0.2, 0) is 28.6 Å².